The minimum Gasteiger partial charge on any atom is -0.462 e. The molecule has 1 amide bonds. The Morgan fingerprint density at radius 3 is 2.60 bits per heavy atom. The van der Waals surface area contributed by atoms with E-state index in [-0.39, 0.29) is 39.1 Å². The van der Waals surface area contributed by atoms with Gasteiger partial charge in [0.2, 0.25) is 5.76 Å². The van der Waals surface area contributed by atoms with Crippen molar-refractivity contribution in [1.82, 2.24) is 4.98 Å². The molecule has 0 unspecified atom stereocenters. The molecule has 4 aromatic rings. The number of rotatable bonds is 4. The Morgan fingerprint density at radius 2 is 1.89 bits per heavy atom. The zero-order valence-electron chi connectivity index (χ0n) is 19.5. The van der Waals surface area contributed by atoms with Crippen LogP contribution in [0.5, 0.6) is 0 Å². The van der Waals surface area contributed by atoms with E-state index in [0.717, 1.165) is 22.5 Å². The van der Waals surface area contributed by atoms with E-state index in [1.54, 1.807) is 32.0 Å². The van der Waals surface area contributed by atoms with Crippen LogP contribution in [0.1, 0.15) is 61.1 Å². The Balaban J connectivity index is 1.78. The average Bonchev–Trinajstić information content (AvgIpc) is 3.33. The number of aromatic nitrogens is 1. The second-order valence-electron chi connectivity index (χ2n) is 8.34. The molecule has 0 spiro atoms. The van der Waals surface area contributed by atoms with Gasteiger partial charge in [0.15, 0.2) is 10.6 Å². The van der Waals surface area contributed by atoms with Gasteiger partial charge in [0.1, 0.15) is 22.3 Å². The van der Waals surface area contributed by atoms with Crippen LogP contribution in [0.15, 0.2) is 45.6 Å². The molecule has 0 N–H and O–H groups in total. The van der Waals surface area contributed by atoms with Crippen LogP contribution in [0.3, 0.4) is 0 Å². The van der Waals surface area contributed by atoms with Crippen molar-refractivity contribution in [1.29, 1.82) is 0 Å². The number of aryl methyl sites for hydroxylation is 3. The number of anilines is 1. The molecule has 2 aromatic heterocycles. The standard InChI is InChI=1S/C26H21FN2O5S/c1-5-33-25(32)23-14(4)28-26(35-23)29-20(15-8-6-7-9-17(15)27)19-21(30)16-10-12(2)13(3)11-18(16)34-22(19)24(29)31/h6-11,20H,5H2,1-4H3/t20-/m0/s1. The quantitative estimate of drug-likeness (QED) is 0.362. The summed E-state index contributed by atoms with van der Waals surface area (Å²) in [7, 11) is 0. The summed E-state index contributed by atoms with van der Waals surface area (Å²) >= 11 is 0.952. The smallest absolute Gasteiger partial charge is 0.350 e. The maximum absolute atomic E-state index is 15.1. The molecular formula is C26H21FN2O5S. The number of fused-ring (bicyclic) bond motifs is 2. The third kappa shape index (κ3) is 3.54. The van der Waals surface area contributed by atoms with Gasteiger partial charge in [-0.25, -0.2) is 14.2 Å². The number of amides is 1. The summed E-state index contributed by atoms with van der Waals surface area (Å²) in [6.07, 6.45) is 0. The maximum Gasteiger partial charge on any atom is 0.350 e. The summed E-state index contributed by atoms with van der Waals surface area (Å²) in [6.45, 7) is 7.26. The van der Waals surface area contributed by atoms with E-state index in [9.17, 15) is 14.4 Å². The van der Waals surface area contributed by atoms with Gasteiger partial charge in [-0.3, -0.25) is 14.5 Å². The van der Waals surface area contributed by atoms with Crippen LogP contribution in [0.4, 0.5) is 9.52 Å². The summed E-state index contributed by atoms with van der Waals surface area (Å²) < 4.78 is 26.1. The van der Waals surface area contributed by atoms with Crippen molar-refractivity contribution in [2.45, 2.75) is 33.7 Å². The van der Waals surface area contributed by atoms with Crippen molar-refractivity contribution in [2.75, 3.05) is 11.5 Å². The van der Waals surface area contributed by atoms with Gasteiger partial charge in [0.25, 0.3) is 5.91 Å². The van der Waals surface area contributed by atoms with E-state index >= 15 is 4.39 Å². The maximum atomic E-state index is 15.1. The third-order valence-corrected chi connectivity index (χ3v) is 7.28. The van der Waals surface area contributed by atoms with Crippen molar-refractivity contribution >= 4 is 39.3 Å². The fourth-order valence-electron chi connectivity index (χ4n) is 4.29. The largest absolute Gasteiger partial charge is 0.462 e. The topological polar surface area (TPSA) is 89.7 Å². The van der Waals surface area contributed by atoms with E-state index in [4.69, 9.17) is 9.15 Å². The number of carbonyl (C=O) groups excluding carboxylic acids is 2. The SMILES string of the molecule is CCOC(=O)c1sc(N2C(=O)c3oc4cc(C)c(C)cc4c(=O)c3[C@@H]2c2ccccc2F)nc1C. The number of hydrogen-bond acceptors (Lipinski definition) is 7. The predicted octanol–water partition coefficient (Wildman–Crippen LogP) is 5.24. The average molecular weight is 493 g/mol. The lowest BCUT2D eigenvalue weighted by molar-refractivity contribution is 0.0531. The number of thiazole rings is 1. The fraction of sp³-hybridized carbons (Fsp3) is 0.231. The van der Waals surface area contributed by atoms with Gasteiger partial charge < -0.3 is 9.15 Å². The first kappa shape index (κ1) is 22.9. The van der Waals surface area contributed by atoms with Crippen LogP contribution < -0.4 is 10.3 Å². The molecule has 1 atom stereocenters. The summed E-state index contributed by atoms with van der Waals surface area (Å²) in [5.74, 6) is -1.94. The molecular weight excluding hydrogens is 471 g/mol. The molecule has 0 bridgehead atoms. The van der Waals surface area contributed by atoms with Crippen LogP contribution in [0.2, 0.25) is 0 Å². The normalized spacial score (nSPS) is 15.1. The van der Waals surface area contributed by atoms with Crippen molar-refractivity contribution < 1.29 is 23.1 Å². The highest BCUT2D eigenvalue weighted by Gasteiger charge is 2.46. The predicted molar refractivity (Wildman–Crippen MR) is 130 cm³/mol. The van der Waals surface area contributed by atoms with Crippen LogP contribution in [0, 0.1) is 26.6 Å². The number of ether oxygens (including phenoxy) is 1. The summed E-state index contributed by atoms with van der Waals surface area (Å²) in [5.41, 5.74) is 2.21. The van der Waals surface area contributed by atoms with E-state index in [0.29, 0.717) is 11.1 Å². The lowest BCUT2D eigenvalue weighted by atomic mass is 9.97. The highest BCUT2D eigenvalue weighted by Crippen LogP contribution is 2.43. The molecule has 1 aliphatic heterocycles. The first-order chi connectivity index (χ1) is 16.7. The Labute approximate surface area is 203 Å². The number of halogens is 1. The lowest BCUT2D eigenvalue weighted by Crippen LogP contribution is -2.30. The molecule has 0 fully saturated rings. The van der Waals surface area contributed by atoms with Gasteiger partial charge >= 0.3 is 5.97 Å². The number of carbonyl (C=O) groups is 2. The summed E-state index contributed by atoms with van der Waals surface area (Å²) in [4.78, 5) is 45.7. The lowest BCUT2D eigenvalue weighted by Gasteiger charge is -2.22. The number of nitrogens with zero attached hydrogens (tertiary/aromatic N) is 2. The van der Waals surface area contributed by atoms with Gasteiger partial charge in [-0.05, 0) is 57.0 Å². The Bertz CT molecular complexity index is 1590. The zero-order valence-corrected chi connectivity index (χ0v) is 20.3. The fourth-order valence-corrected chi connectivity index (χ4v) is 5.28. The molecule has 7 nitrogen and oxygen atoms in total. The molecule has 0 saturated carbocycles. The number of esters is 1. The number of hydrogen-bond donors (Lipinski definition) is 0. The van der Waals surface area contributed by atoms with Crippen LogP contribution in [-0.4, -0.2) is 23.5 Å². The molecule has 0 aliphatic carbocycles. The Hall–Kier alpha value is -3.85. The minimum absolute atomic E-state index is 0.0430. The second kappa shape index (κ2) is 8.42. The van der Waals surface area contributed by atoms with Crippen molar-refractivity contribution in [3.8, 4) is 0 Å². The molecule has 0 saturated heterocycles. The molecule has 2 aromatic carbocycles. The molecule has 5 rings (SSSR count). The van der Waals surface area contributed by atoms with Crippen LogP contribution >= 0.6 is 11.3 Å². The Kier molecular flexibility index (Phi) is 5.52. The first-order valence-electron chi connectivity index (χ1n) is 11.0. The van der Waals surface area contributed by atoms with Gasteiger partial charge in [-0.2, -0.15) is 0 Å². The molecule has 1 aliphatic rings. The first-order valence-corrected chi connectivity index (χ1v) is 11.8. The third-order valence-electron chi connectivity index (χ3n) is 6.14. The summed E-state index contributed by atoms with van der Waals surface area (Å²) in [6, 6.07) is 8.27. The van der Waals surface area contributed by atoms with Gasteiger partial charge in [-0.1, -0.05) is 29.5 Å². The van der Waals surface area contributed by atoms with Crippen molar-refractivity contribution in [3.05, 3.63) is 91.0 Å². The van der Waals surface area contributed by atoms with E-state index in [1.807, 2.05) is 13.8 Å². The molecule has 178 valence electrons. The molecule has 0 radical (unpaired) electrons. The van der Waals surface area contributed by atoms with Crippen LogP contribution in [-0.2, 0) is 4.74 Å². The summed E-state index contributed by atoms with van der Waals surface area (Å²) in [5, 5.41) is 0.455. The van der Waals surface area contributed by atoms with Crippen molar-refractivity contribution in [2.24, 2.45) is 0 Å². The highest BCUT2D eigenvalue weighted by atomic mass is 32.1. The van der Waals surface area contributed by atoms with Crippen molar-refractivity contribution in [3.63, 3.8) is 0 Å². The van der Waals surface area contributed by atoms with Gasteiger partial charge in [0.05, 0.1) is 23.3 Å². The molecule has 9 heteroatoms. The van der Waals surface area contributed by atoms with E-state index in [2.05, 4.69) is 4.98 Å². The second-order valence-corrected chi connectivity index (χ2v) is 9.31. The van der Waals surface area contributed by atoms with E-state index in [1.165, 1.54) is 23.1 Å². The Morgan fingerprint density at radius 1 is 1.17 bits per heavy atom. The molecule has 35 heavy (non-hydrogen) atoms. The van der Waals surface area contributed by atoms with Gasteiger partial charge in [0, 0.05) is 5.56 Å². The van der Waals surface area contributed by atoms with Crippen LogP contribution in [0.25, 0.3) is 11.0 Å². The monoisotopic (exact) mass is 492 g/mol. The van der Waals surface area contributed by atoms with Gasteiger partial charge in [-0.15, -0.1) is 0 Å². The zero-order chi connectivity index (χ0) is 25.0. The van der Waals surface area contributed by atoms with E-state index < -0.39 is 29.2 Å². The highest BCUT2D eigenvalue weighted by molar-refractivity contribution is 7.17. The number of benzene rings is 2. The minimum atomic E-state index is -1.11. The molecule has 3 heterocycles.